The molecule has 2 amide bonds. The molecule has 7 radical (unpaired) electrons. The fraction of sp³-hybridized carbons (Fsp3) is 0.625. The Morgan fingerprint density at radius 3 is 1.08 bits per heavy atom. The first-order chi connectivity index (χ1) is 49.7. The lowest BCUT2D eigenvalue weighted by atomic mass is 9.81. The lowest BCUT2D eigenvalue weighted by Gasteiger charge is -2.33. The second-order valence-corrected chi connectivity index (χ2v) is 35.3. The maximum absolute atomic E-state index is 12.2. The van der Waals surface area contributed by atoms with Gasteiger partial charge in [0, 0.05) is 186 Å². The van der Waals surface area contributed by atoms with Crippen molar-refractivity contribution in [2.75, 3.05) is 137 Å². The molecule has 2 aliphatic carbocycles. The second-order valence-electron chi connectivity index (χ2n) is 29.4. The lowest BCUT2D eigenvalue weighted by molar-refractivity contribution is -0.384. The molecule has 6 saturated heterocycles. The van der Waals surface area contributed by atoms with Gasteiger partial charge in [-0.15, -0.1) is 0 Å². The number of rotatable bonds is 19. The summed E-state index contributed by atoms with van der Waals surface area (Å²) in [6, 6.07) is 29.8. The van der Waals surface area contributed by atoms with Crippen LogP contribution in [0.4, 0.5) is 20.1 Å². The van der Waals surface area contributed by atoms with Crippen LogP contribution in [0.25, 0.3) is 0 Å². The van der Waals surface area contributed by atoms with Gasteiger partial charge in [0.15, 0.2) is 0 Å². The minimum atomic E-state index is -3.10. The molecule has 4 aromatic rings. The lowest BCUT2D eigenvalue weighted by Crippen LogP contribution is -2.47. The Morgan fingerprint density at radius 2 is 0.774 bits per heavy atom. The van der Waals surface area contributed by atoms with Crippen LogP contribution in [0.2, 0.25) is 0 Å². The number of nitrogens with zero attached hydrogens (tertiary/aromatic N) is 9. The van der Waals surface area contributed by atoms with Gasteiger partial charge in [0.05, 0.1) is 23.7 Å². The smallest absolute Gasteiger partial charge is 0.490 e. The van der Waals surface area contributed by atoms with E-state index >= 15 is 0 Å². The number of non-ortho nitro benzene ring substituents is 1. The molecular formula is C72H106B3N10O18S3. The number of nitrogens with one attached hydrogen (secondary N) is 1. The summed E-state index contributed by atoms with van der Waals surface area (Å²) in [6.45, 7) is 24.4. The number of piperazine rings is 3. The SMILES string of the molecule is CC(C)(C)OC(=O)N1CCC(Oc2ccc(CN3CCN(S(C)(=O)=O)CC3)cc2)CC1.CC1(OC(=O)N2CCC(Oc3ccc(CN4CCN(S(C)(=O)=O)CC4)cc3)CC2)CC1.CC1(OC(=O)Oc2ccc([N+](=O)[O-])cc2)CC1.CS(=O)(=O)N1CCN(Cc2ccc(OC3CCNCC3)cc2)CC1.[B].[B][B]. The minimum absolute atomic E-state index is 0. The van der Waals surface area contributed by atoms with E-state index in [1.54, 1.807) is 14.1 Å². The zero-order chi connectivity index (χ0) is 76.2. The van der Waals surface area contributed by atoms with Gasteiger partial charge in [-0.2, -0.15) is 12.9 Å². The largest absolute Gasteiger partial charge is 0.514 e. The predicted octanol–water partition coefficient (Wildman–Crippen LogP) is 7.25. The molecule has 6 aliphatic heterocycles. The van der Waals surface area contributed by atoms with E-state index in [1.807, 2.05) is 71.0 Å². The van der Waals surface area contributed by atoms with E-state index < -0.39 is 52.4 Å². The van der Waals surface area contributed by atoms with Crippen LogP contribution in [0, 0.1) is 10.1 Å². The fourth-order valence-electron chi connectivity index (χ4n) is 12.4. The van der Waals surface area contributed by atoms with E-state index in [0.717, 1.165) is 153 Å². The molecule has 0 aromatic heterocycles. The third-order valence-electron chi connectivity index (χ3n) is 19.2. The van der Waals surface area contributed by atoms with Crippen molar-refractivity contribution in [1.29, 1.82) is 0 Å². The number of carbonyl (C=O) groups excluding carboxylic acids is 3. The summed E-state index contributed by atoms with van der Waals surface area (Å²) in [4.78, 5) is 55.9. The Balaban J connectivity index is 0.000000199. The standard InChI is InChI=1S/C22H33N3O5S.C22H35N3O5S.C17H27N3O3S.C11H11NO5.B2.B/c1-22(9-10-22)30-21(26)24-11-7-20(8-12-24)29-19-5-3-18(4-6-19)17-23-13-15-25(16-14-23)31(2,27)28;1-22(2,3)30-21(26)24-11-9-20(10-12-24)29-19-7-5-18(6-8-19)17-23-13-15-25(16-14-23)31(4,27)28;1-24(21,22)20-12-10-19(11-13-20)14-15-2-4-16(5-3-15)23-17-6-8-18-9-7-17;1-11(6-7-11)17-10(13)16-9-4-2-8(3-5-9)12(14)15;1-2;/h3-6,20H,7-17H2,1-2H3;5-8,20H,9-17H2,1-4H3;2-5,17-18H,6-14H2,1H3;2-5H,6-7H2,1H3;;. The van der Waals surface area contributed by atoms with Crippen LogP contribution in [0.3, 0.4) is 0 Å². The molecule has 12 rings (SSSR count). The summed E-state index contributed by atoms with van der Waals surface area (Å²) >= 11 is 0. The number of benzene rings is 4. The first-order valence-electron chi connectivity index (χ1n) is 36.1. The van der Waals surface area contributed by atoms with Gasteiger partial charge in [-0.05, 0) is 151 Å². The van der Waals surface area contributed by atoms with Gasteiger partial charge >= 0.3 is 18.3 Å². The molecule has 8 aliphatic rings. The van der Waals surface area contributed by atoms with Crippen molar-refractivity contribution in [2.24, 2.45) is 0 Å². The molecule has 0 unspecified atom stereocenters. The molecular weight excluding hydrogens is 1420 g/mol. The van der Waals surface area contributed by atoms with Crippen LogP contribution < -0.4 is 24.3 Å². The van der Waals surface area contributed by atoms with Gasteiger partial charge in [-0.3, -0.25) is 24.8 Å². The van der Waals surface area contributed by atoms with Crippen LogP contribution in [0.5, 0.6) is 23.0 Å². The minimum Gasteiger partial charge on any atom is -0.490 e. The highest BCUT2D eigenvalue weighted by Gasteiger charge is 2.44. The van der Waals surface area contributed by atoms with Crippen molar-refractivity contribution in [3.63, 3.8) is 0 Å². The first-order valence-corrected chi connectivity index (χ1v) is 41.7. The molecule has 0 atom stereocenters. The van der Waals surface area contributed by atoms with Crippen molar-refractivity contribution in [3.8, 4) is 23.0 Å². The molecule has 106 heavy (non-hydrogen) atoms. The summed E-state index contributed by atoms with van der Waals surface area (Å²) in [6.07, 6.45) is 12.0. The highest BCUT2D eigenvalue weighted by Crippen LogP contribution is 2.40. The molecule has 0 bridgehead atoms. The van der Waals surface area contributed by atoms with E-state index in [9.17, 15) is 49.8 Å². The van der Waals surface area contributed by atoms with Crippen molar-refractivity contribution in [1.82, 2.24) is 42.7 Å². The van der Waals surface area contributed by atoms with Gasteiger partial charge in [0.2, 0.25) is 30.1 Å². The quantitative estimate of drug-likeness (QED) is 0.0241. The zero-order valence-corrected chi connectivity index (χ0v) is 65.2. The third kappa shape index (κ3) is 29.7. The average Bonchev–Trinajstić information content (AvgIpc) is 1.81. The monoisotopic (exact) mass is 1530 g/mol. The van der Waals surface area contributed by atoms with Crippen molar-refractivity contribution >= 4 is 78.0 Å². The highest BCUT2D eigenvalue weighted by atomic mass is 32.2. The van der Waals surface area contributed by atoms with E-state index in [2.05, 4.69) is 71.9 Å². The van der Waals surface area contributed by atoms with E-state index in [-0.39, 0.29) is 49.8 Å². The van der Waals surface area contributed by atoms with Crippen LogP contribution >= 0.6 is 0 Å². The average molecular weight is 1530 g/mol. The number of hydrogen-bond acceptors (Lipinski definition) is 22. The molecule has 4 aromatic carbocycles. The summed E-state index contributed by atoms with van der Waals surface area (Å²) < 4.78 is 113. The molecule has 579 valence electrons. The van der Waals surface area contributed by atoms with E-state index in [0.29, 0.717) is 71.6 Å². The van der Waals surface area contributed by atoms with Crippen LogP contribution in [0.15, 0.2) is 97.1 Å². The van der Waals surface area contributed by atoms with Crippen molar-refractivity contribution in [2.45, 2.75) is 154 Å². The summed E-state index contributed by atoms with van der Waals surface area (Å²) in [5, 5.41) is 13.7. The zero-order valence-electron chi connectivity index (χ0n) is 62.7. The second kappa shape index (κ2) is 39.6. The summed E-state index contributed by atoms with van der Waals surface area (Å²) in [5.41, 5.74) is 2.45. The number of hydrogen-bond donors (Lipinski definition) is 1. The fourth-order valence-corrected chi connectivity index (χ4v) is 14.8. The Labute approximate surface area is 632 Å². The van der Waals surface area contributed by atoms with Gasteiger partial charge in [-0.25, -0.2) is 39.6 Å². The Morgan fingerprint density at radius 1 is 0.472 bits per heavy atom. The maximum atomic E-state index is 12.2. The van der Waals surface area contributed by atoms with Crippen LogP contribution in [-0.2, 0) is 63.9 Å². The predicted molar refractivity (Wildman–Crippen MR) is 407 cm³/mol. The van der Waals surface area contributed by atoms with Gasteiger partial charge in [0.25, 0.3) is 5.69 Å². The number of likely N-dealkylation sites (tertiary alicyclic amines) is 2. The molecule has 34 heteroatoms. The number of sulfonamides is 3. The van der Waals surface area contributed by atoms with Crippen LogP contribution in [-0.4, -0.2) is 282 Å². The molecule has 0 spiro atoms. The number of amides is 2. The normalized spacial score (nSPS) is 20.0. The molecule has 28 nitrogen and oxygen atoms in total. The molecule has 6 heterocycles. The Bertz CT molecular complexity index is 3630. The van der Waals surface area contributed by atoms with E-state index in [1.165, 1.54) is 68.3 Å². The highest BCUT2D eigenvalue weighted by molar-refractivity contribution is 7.88. The number of nitro benzene ring substituents is 1. The number of nitro groups is 1. The molecule has 2 saturated carbocycles. The maximum Gasteiger partial charge on any atom is 0.514 e. The Hall–Kier alpha value is -6.75. The molecule has 8 fully saturated rings. The van der Waals surface area contributed by atoms with Crippen molar-refractivity contribution in [3.05, 3.63) is 124 Å². The topological polar surface area (TPSA) is 299 Å². The number of carbonyl (C=O) groups is 3. The van der Waals surface area contributed by atoms with Crippen LogP contribution in [0.1, 0.15) is 116 Å². The summed E-state index contributed by atoms with van der Waals surface area (Å²) in [5.74, 6) is 2.84. The molecule has 1 N–H and O–H groups in total. The summed E-state index contributed by atoms with van der Waals surface area (Å²) in [7, 11) is -1.25. The number of ether oxygens (including phenoxy) is 7. The third-order valence-corrected chi connectivity index (χ3v) is 23.1. The van der Waals surface area contributed by atoms with E-state index in [4.69, 9.17) is 33.2 Å². The van der Waals surface area contributed by atoms with Crippen molar-refractivity contribution < 1.29 is 77.7 Å². The number of piperidine rings is 3. The van der Waals surface area contributed by atoms with Gasteiger partial charge in [0.1, 0.15) is 58.1 Å². The first kappa shape index (κ1) is 86.5. The Kier molecular flexibility index (Phi) is 32.3. The van der Waals surface area contributed by atoms with Gasteiger partial charge in [-0.1, -0.05) is 36.4 Å². The van der Waals surface area contributed by atoms with Gasteiger partial charge < -0.3 is 48.3 Å².